The Hall–Kier alpha value is -3.69. The van der Waals surface area contributed by atoms with E-state index in [-0.39, 0.29) is 11.6 Å². The summed E-state index contributed by atoms with van der Waals surface area (Å²) in [5.41, 5.74) is 3.16. The molecule has 200 valence electrons. The number of benzene rings is 3. The lowest BCUT2D eigenvalue weighted by Crippen LogP contribution is -2.51. The van der Waals surface area contributed by atoms with Crippen molar-refractivity contribution in [1.29, 1.82) is 0 Å². The van der Waals surface area contributed by atoms with Gasteiger partial charge >= 0.3 is 5.97 Å². The van der Waals surface area contributed by atoms with Crippen LogP contribution in [0.5, 0.6) is 5.75 Å². The Morgan fingerprint density at radius 1 is 1.00 bits per heavy atom. The molecule has 8 nitrogen and oxygen atoms in total. The number of carbonyl (C=O) groups excluding carboxylic acids is 1. The van der Waals surface area contributed by atoms with Crippen molar-refractivity contribution in [2.45, 2.75) is 31.7 Å². The molecule has 0 bridgehead atoms. The Bertz CT molecular complexity index is 1240. The van der Waals surface area contributed by atoms with Crippen molar-refractivity contribution in [3.8, 4) is 16.9 Å². The predicted molar refractivity (Wildman–Crippen MR) is 145 cm³/mol. The number of aryl methyl sites for hydroxylation is 1. The molecule has 38 heavy (non-hydrogen) atoms. The molecule has 0 spiro atoms. The number of carboxylic acids is 1. The highest BCUT2D eigenvalue weighted by Crippen LogP contribution is 2.31. The van der Waals surface area contributed by atoms with Gasteiger partial charge in [-0.15, -0.1) is 0 Å². The monoisotopic (exact) mass is 535 g/mol. The summed E-state index contributed by atoms with van der Waals surface area (Å²) in [6.45, 7) is 0.801. The van der Waals surface area contributed by atoms with E-state index in [1.165, 1.54) is 0 Å². The number of rotatable bonds is 10. The number of hydrogen-bond donors (Lipinski definition) is 1. The van der Waals surface area contributed by atoms with Crippen molar-refractivity contribution in [3.63, 3.8) is 0 Å². The third-order valence-corrected chi connectivity index (χ3v) is 7.78. The molecule has 2 atom stereocenters. The van der Waals surface area contributed by atoms with Crippen LogP contribution in [0.3, 0.4) is 0 Å². The molecule has 3 aromatic carbocycles. The standard InChI is InChI=1S/C29H32N2O6S/c1-37-26-14-10-23(11-15-26)22-8-12-25(13-9-22)31(38(35)36)28(29(33)34)24-17-19-30(20-18-24)27(32)16-7-21-5-3-2-4-6-21/h2-6,8-15,24,28H,7,16-20H2,1H3,(H,33,34)(H,35,36)/p-1. The summed E-state index contributed by atoms with van der Waals surface area (Å²) in [5.74, 6) is -0.879. The number of carboxylic acid groups (broad SMARTS) is 1. The molecule has 1 aliphatic rings. The molecule has 1 amide bonds. The van der Waals surface area contributed by atoms with Crippen molar-refractivity contribution >= 4 is 28.8 Å². The number of methoxy groups -OCH3 is 1. The first kappa shape index (κ1) is 27.3. The van der Waals surface area contributed by atoms with Crippen LogP contribution in [0.4, 0.5) is 5.69 Å². The zero-order valence-corrected chi connectivity index (χ0v) is 22.0. The molecule has 1 saturated heterocycles. The summed E-state index contributed by atoms with van der Waals surface area (Å²) in [6.07, 6.45) is 1.85. The lowest BCUT2D eigenvalue weighted by atomic mass is 9.88. The zero-order valence-electron chi connectivity index (χ0n) is 21.2. The molecule has 1 fully saturated rings. The quantitative estimate of drug-likeness (QED) is 0.388. The molecular formula is C29H31N2O6S-. The van der Waals surface area contributed by atoms with Crippen LogP contribution in [0.2, 0.25) is 0 Å². The van der Waals surface area contributed by atoms with E-state index in [9.17, 15) is 23.5 Å². The minimum Gasteiger partial charge on any atom is -0.755 e. The van der Waals surface area contributed by atoms with Crippen molar-refractivity contribution in [3.05, 3.63) is 84.4 Å². The van der Waals surface area contributed by atoms with Gasteiger partial charge < -0.3 is 19.3 Å². The summed E-state index contributed by atoms with van der Waals surface area (Å²) in [7, 11) is 1.59. The molecule has 0 saturated carbocycles. The highest BCUT2D eigenvalue weighted by molar-refractivity contribution is 7.80. The van der Waals surface area contributed by atoms with Gasteiger partial charge in [0.2, 0.25) is 5.91 Å². The highest BCUT2D eigenvalue weighted by atomic mass is 32.2. The van der Waals surface area contributed by atoms with E-state index in [1.54, 1.807) is 36.3 Å². The number of piperidine rings is 1. The molecule has 1 N–H and O–H groups in total. The molecular weight excluding hydrogens is 504 g/mol. The normalized spacial score (nSPS) is 15.5. The van der Waals surface area contributed by atoms with E-state index < -0.39 is 29.2 Å². The van der Waals surface area contributed by atoms with E-state index in [1.807, 2.05) is 54.6 Å². The maximum absolute atomic E-state index is 12.7. The number of anilines is 1. The van der Waals surface area contributed by atoms with Crippen LogP contribution < -0.4 is 9.04 Å². The van der Waals surface area contributed by atoms with Crippen LogP contribution in [0.25, 0.3) is 11.1 Å². The Morgan fingerprint density at radius 2 is 1.58 bits per heavy atom. The molecule has 0 aliphatic carbocycles. The number of ether oxygens (including phenoxy) is 1. The number of amides is 1. The van der Waals surface area contributed by atoms with Crippen LogP contribution in [-0.4, -0.2) is 56.9 Å². The van der Waals surface area contributed by atoms with Gasteiger partial charge in [0.15, 0.2) is 0 Å². The maximum Gasteiger partial charge on any atom is 0.327 e. The van der Waals surface area contributed by atoms with Gasteiger partial charge in [0.05, 0.1) is 7.11 Å². The highest BCUT2D eigenvalue weighted by Gasteiger charge is 2.37. The Balaban J connectivity index is 1.43. The molecule has 9 heteroatoms. The van der Waals surface area contributed by atoms with Crippen molar-refractivity contribution in [1.82, 2.24) is 4.90 Å². The third-order valence-electron chi connectivity index (χ3n) is 7.02. The average Bonchev–Trinajstić information content (AvgIpc) is 2.95. The van der Waals surface area contributed by atoms with E-state index in [0.29, 0.717) is 38.8 Å². The summed E-state index contributed by atoms with van der Waals surface area (Å²) in [4.78, 5) is 26.8. The Labute approximate surface area is 225 Å². The second kappa shape index (κ2) is 12.7. The van der Waals surface area contributed by atoms with Crippen molar-refractivity contribution in [2.75, 3.05) is 24.5 Å². The molecule has 4 rings (SSSR count). The van der Waals surface area contributed by atoms with Crippen LogP contribution in [0.1, 0.15) is 24.8 Å². The number of likely N-dealkylation sites (tertiary alicyclic amines) is 1. The first-order valence-corrected chi connectivity index (χ1v) is 13.6. The summed E-state index contributed by atoms with van der Waals surface area (Å²) in [5, 5.41) is 10.1. The Morgan fingerprint density at radius 3 is 2.11 bits per heavy atom. The van der Waals surface area contributed by atoms with Crippen LogP contribution in [0.15, 0.2) is 78.9 Å². The molecule has 1 aliphatic heterocycles. The molecule has 0 aromatic heterocycles. The topological polar surface area (TPSA) is 110 Å². The van der Waals surface area contributed by atoms with Gasteiger partial charge in [-0.1, -0.05) is 54.6 Å². The van der Waals surface area contributed by atoms with E-state index in [2.05, 4.69) is 0 Å². The van der Waals surface area contributed by atoms with Crippen LogP contribution in [0, 0.1) is 5.92 Å². The minimum absolute atomic E-state index is 0.0255. The molecule has 1 heterocycles. The smallest absolute Gasteiger partial charge is 0.327 e. The molecule has 3 aromatic rings. The van der Waals surface area contributed by atoms with Crippen molar-refractivity contribution < 1.29 is 28.2 Å². The van der Waals surface area contributed by atoms with E-state index >= 15 is 0 Å². The number of hydrogen-bond acceptors (Lipinski definition) is 5. The lowest BCUT2D eigenvalue weighted by Gasteiger charge is -2.40. The lowest BCUT2D eigenvalue weighted by molar-refractivity contribution is -0.140. The second-order valence-electron chi connectivity index (χ2n) is 9.31. The van der Waals surface area contributed by atoms with Gasteiger partial charge in [-0.25, -0.2) is 4.79 Å². The fraction of sp³-hybridized carbons (Fsp3) is 0.310. The van der Waals surface area contributed by atoms with E-state index in [4.69, 9.17) is 4.74 Å². The largest absolute Gasteiger partial charge is 0.755 e. The molecule has 0 radical (unpaired) electrons. The fourth-order valence-corrected chi connectivity index (χ4v) is 5.68. The number of aliphatic carboxylic acids is 1. The summed E-state index contributed by atoms with van der Waals surface area (Å²) in [6, 6.07) is 22.8. The van der Waals surface area contributed by atoms with Crippen LogP contribution in [-0.2, 0) is 27.3 Å². The van der Waals surface area contributed by atoms with Crippen molar-refractivity contribution in [2.24, 2.45) is 5.92 Å². The second-order valence-corrected chi connectivity index (χ2v) is 10.1. The predicted octanol–water partition coefficient (Wildman–Crippen LogP) is 4.29. The third kappa shape index (κ3) is 6.59. The van der Waals surface area contributed by atoms with Gasteiger partial charge in [-0.2, -0.15) is 0 Å². The summed E-state index contributed by atoms with van der Waals surface area (Å²) < 4.78 is 30.7. The zero-order chi connectivity index (χ0) is 27.1. The average molecular weight is 536 g/mol. The number of nitrogens with zero attached hydrogens (tertiary/aromatic N) is 2. The maximum atomic E-state index is 12.7. The molecule has 2 unspecified atom stereocenters. The number of carbonyl (C=O) groups is 2. The van der Waals surface area contributed by atoms with E-state index in [0.717, 1.165) is 26.7 Å². The summed E-state index contributed by atoms with van der Waals surface area (Å²) >= 11 is -2.80. The van der Waals surface area contributed by atoms with Gasteiger partial charge in [0.25, 0.3) is 0 Å². The first-order chi connectivity index (χ1) is 18.4. The SMILES string of the molecule is COc1ccc(-c2ccc(N(C(C(=O)O)C3CCN(C(=O)CCc4ccccc4)CC3)S(=O)[O-])cc2)cc1. The first-order valence-electron chi connectivity index (χ1n) is 12.5. The Kier molecular flexibility index (Phi) is 9.15. The van der Waals surface area contributed by atoms with Gasteiger partial charge in [0, 0.05) is 36.5 Å². The minimum atomic E-state index is -2.80. The fourth-order valence-electron chi connectivity index (χ4n) is 4.94. The van der Waals surface area contributed by atoms with Gasteiger partial charge in [-0.3, -0.25) is 13.3 Å². The van der Waals surface area contributed by atoms with Gasteiger partial charge in [0.1, 0.15) is 11.8 Å². The van der Waals surface area contributed by atoms with Crippen LogP contribution >= 0.6 is 0 Å². The van der Waals surface area contributed by atoms with Gasteiger partial charge in [-0.05, 0) is 66.1 Å².